The maximum absolute atomic E-state index is 5.48. The molecule has 0 radical (unpaired) electrons. The molecule has 0 aromatic rings. The van der Waals surface area contributed by atoms with Gasteiger partial charge in [0, 0.05) is 6.04 Å². The van der Waals surface area contributed by atoms with E-state index >= 15 is 0 Å². The Hall–Kier alpha value is -0.350. The Kier molecular flexibility index (Phi) is 3.03. The van der Waals surface area contributed by atoms with Crippen LogP contribution in [0.5, 0.6) is 0 Å². The van der Waals surface area contributed by atoms with Crippen LogP contribution in [0.25, 0.3) is 0 Å². The van der Waals surface area contributed by atoms with Gasteiger partial charge in [-0.1, -0.05) is 12.8 Å². The quantitative estimate of drug-likeness (QED) is 0.737. The molecule has 2 saturated heterocycles. The van der Waals surface area contributed by atoms with E-state index in [9.17, 15) is 0 Å². The van der Waals surface area contributed by atoms with Crippen LogP contribution in [0.4, 0.5) is 0 Å². The number of fused-ring (bicyclic) bond motifs is 1. The van der Waals surface area contributed by atoms with E-state index < -0.39 is 0 Å². The van der Waals surface area contributed by atoms with Crippen LogP contribution in [0.1, 0.15) is 38.5 Å². The molecule has 1 aliphatic carbocycles. The number of rotatable bonds is 2. The molecular formula is C12H21N3S. The second kappa shape index (κ2) is 4.49. The van der Waals surface area contributed by atoms with Crippen molar-refractivity contribution in [2.45, 2.75) is 50.6 Å². The molecule has 0 spiro atoms. The summed E-state index contributed by atoms with van der Waals surface area (Å²) < 4.78 is 0. The van der Waals surface area contributed by atoms with Crippen LogP contribution in [0.2, 0.25) is 0 Å². The molecule has 2 heterocycles. The minimum atomic E-state index is 0.642. The number of nitrogens with one attached hydrogen (secondary N) is 1. The Morgan fingerprint density at radius 2 is 1.88 bits per heavy atom. The van der Waals surface area contributed by atoms with E-state index in [4.69, 9.17) is 12.2 Å². The van der Waals surface area contributed by atoms with Crippen molar-refractivity contribution in [1.82, 2.24) is 15.1 Å². The van der Waals surface area contributed by atoms with E-state index in [0.717, 1.165) is 11.8 Å². The Morgan fingerprint density at radius 1 is 1.12 bits per heavy atom. The molecule has 90 valence electrons. The highest BCUT2D eigenvalue weighted by Gasteiger charge is 2.38. The van der Waals surface area contributed by atoms with Crippen molar-refractivity contribution in [2.75, 3.05) is 19.8 Å². The van der Waals surface area contributed by atoms with E-state index in [1.165, 1.54) is 51.6 Å². The van der Waals surface area contributed by atoms with Crippen molar-refractivity contribution in [3.63, 3.8) is 0 Å². The van der Waals surface area contributed by atoms with Crippen LogP contribution in [0.15, 0.2) is 0 Å². The van der Waals surface area contributed by atoms with E-state index in [1.54, 1.807) is 0 Å². The number of nitrogens with zero attached hydrogens (tertiary/aromatic N) is 2. The highest BCUT2D eigenvalue weighted by molar-refractivity contribution is 7.80. The van der Waals surface area contributed by atoms with Gasteiger partial charge in [-0.25, -0.2) is 0 Å². The molecule has 0 bridgehead atoms. The predicted octanol–water partition coefficient (Wildman–Crippen LogP) is 1.54. The monoisotopic (exact) mass is 239 g/mol. The zero-order chi connectivity index (χ0) is 11.0. The summed E-state index contributed by atoms with van der Waals surface area (Å²) >= 11 is 5.48. The Labute approximate surface area is 103 Å². The predicted molar refractivity (Wildman–Crippen MR) is 69.3 cm³/mol. The van der Waals surface area contributed by atoms with Gasteiger partial charge >= 0.3 is 0 Å². The maximum Gasteiger partial charge on any atom is 0.170 e. The molecule has 1 saturated carbocycles. The van der Waals surface area contributed by atoms with Crippen molar-refractivity contribution in [2.24, 2.45) is 0 Å². The maximum atomic E-state index is 5.48. The van der Waals surface area contributed by atoms with E-state index in [0.29, 0.717) is 12.1 Å². The Morgan fingerprint density at radius 3 is 2.69 bits per heavy atom. The molecule has 3 aliphatic rings. The molecule has 0 aromatic carbocycles. The van der Waals surface area contributed by atoms with Gasteiger partial charge in [-0.15, -0.1) is 0 Å². The van der Waals surface area contributed by atoms with Crippen molar-refractivity contribution in [1.29, 1.82) is 0 Å². The third-order valence-corrected chi connectivity index (χ3v) is 4.60. The van der Waals surface area contributed by atoms with Gasteiger partial charge in [-0.2, -0.15) is 0 Å². The molecule has 2 atom stereocenters. The third kappa shape index (κ3) is 1.93. The summed E-state index contributed by atoms with van der Waals surface area (Å²) in [6, 6.07) is 1.32. The molecule has 2 aliphatic heterocycles. The van der Waals surface area contributed by atoms with Gasteiger partial charge in [0.2, 0.25) is 0 Å². The first-order chi connectivity index (χ1) is 7.84. The zero-order valence-electron chi connectivity index (χ0n) is 9.82. The minimum Gasteiger partial charge on any atom is -0.358 e. The third-order valence-electron chi connectivity index (χ3n) is 4.25. The smallest absolute Gasteiger partial charge is 0.170 e. The van der Waals surface area contributed by atoms with Crippen molar-refractivity contribution >= 4 is 17.3 Å². The normalized spacial score (nSPS) is 35.2. The standard InChI is InChI=1S/C12H21N3S/c16-12-13-10-5-1-2-6-11(10)15(12)9-14-7-3-4-8-14/h10-11H,1-9H2,(H,13,16)/t10-,11-/m1/s1. The number of likely N-dealkylation sites (tertiary alicyclic amines) is 1. The fourth-order valence-electron chi connectivity index (χ4n) is 3.35. The summed E-state index contributed by atoms with van der Waals surface area (Å²) in [6.07, 6.45) is 8.10. The van der Waals surface area contributed by atoms with E-state index in [2.05, 4.69) is 15.1 Å². The van der Waals surface area contributed by atoms with Crippen LogP contribution >= 0.6 is 12.2 Å². The van der Waals surface area contributed by atoms with Crippen LogP contribution in [0, 0.1) is 0 Å². The number of hydrogen-bond acceptors (Lipinski definition) is 2. The molecule has 16 heavy (non-hydrogen) atoms. The minimum absolute atomic E-state index is 0.642. The van der Waals surface area contributed by atoms with E-state index in [-0.39, 0.29) is 0 Å². The molecule has 1 N–H and O–H groups in total. The van der Waals surface area contributed by atoms with Gasteiger partial charge < -0.3 is 10.2 Å². The summed E-state index contributed by atoms with van der Waals surface area (Å²) in [7, 11) is 0. The molecule has 3 fully saturated rings. The topological polar surface area (TPSA) is 18.5 Å². The van der Waals surface area contributed by atoms with Crippen LogP contribution < -0.4 is 5.32 Å². The molecule has 4 heteroatoms. The Balaban J connectivity index is 1.65. The van der Waals surface area contributed by atoms with Crippen LogP contribution in [0.3, 0.4) is 0 Å². The van der Waals surface area contributed by atoms with Gasteiger partial charge in [0.25, 0.3) is 0 Å². The molecule has 3 nitrogen and oxygen atoms in total. The van der Waals surface area contributed by atoms with Crippen molar-refractivity contribution in [3.8, 4) is 0 Å². The zero-order valence-corrected chi connectivity index (χ0v) is 10.6. The van der Waals surface area contributed by atoms with E-state index in [1.807, 2.05) is 0 Å². The lowest BCUT2D eigenvalue weighted by Crippen LogP contribution is -2.44. The van der Waals surface area contributed by atoms with Crippen LogP contribution in [-0.2, 0) is 0 Å². The largest absolute Gasteiger partial charge is 0.358 e. The van der Waals surface area contributed by atoms with Gasteiger partial charge in [0.15, 0.2) is 5.11 Å². The Bertz CT molecular complexity index is 275. The van der Waals surface area contributed by atoms with Gasteiger partial charge in [-0.3, -0.25) is 4.90 Å². The van der Waals surface area contributed by atoms with Crippen molar-refractivity contribution in [3.05, 3.63) is 0 Å². The van der Waals surface area contributed by atoms with Gasteiger partial charge in [0.1, 0.15) is 0 Å². The lowest BCUT2D eigenvalue weighted by Gasteiger charge is -2.33. The molecular weight excluding hydrogens is 218 g/mol. The van der Waals surface area contributed by atoms with Crippen LogP contribution in [-0.4, -0.2) is 46.8 Å². The highest BCUT2D eigenvalue weighted by Crippen LogP contribution is 2.28. The molecule has 0 aromatic heterocycles. The first-order valence-electron chi connectivity index (χ1n) is 6.64. The average molecular weight is 239 g/mol. The van der Waals surface area contributed by atoms with Gasteiger partial charge in [-0.05, 0) is 51.0 Å². The fraction of sp³-hybridized carbons (Fsp3) is 0.917. The average Bonchev–Trinajstić information content (AvgIpc) is 2.89. The second-order valence-electron chi connectivity index (χ2n) is 5.34. The summed E-state index contributed by atoms with van der Waals surface area (Å²) in [4.78, 5) is 5.00. The first kappa shape index (κ1) is 10.8. The highest BCUT2D eigenvalue weighted by atomic mass is 32.1. The molecule has 0 amide bonds. The molecule has 0 unspecified atom stereocenters. The lowest BCUT2D eigenvalue weighted by atomic mass is 9.91. The number of hydrogen-bond donors (Lipinski definition) is 1. The summed E-state index contributed by atoms with van der Waals surface area (Å²) in [5.41, 5.74) is 0. The lowest BCUT2D eigenvalue weighted by molar-refractivity contribution is 0.166. The first-order valence-corrected chi connectivity index (χ1v) is 7.05. The fourth-order valence-corrected chi connectivity index (χ4v) is 3.70. The number of thiocarbonyl (C=S) groups is 1. The SMILES string of the molecule is S=C1N[C@@H]2CCCC[C@H]2N1CN1CCCC1. The molecule has 3 rings (SSSR count). The summed E-state index contributed by atoms with van der Waals surface area (Å²) in [5.74, 6) is 0. The summed E-state index contributed by atoms with van der Waals surface area (Å²) in [5, 5.41) is 4.51. The van der Waals surface area contributed by atoms with Gasteiger partial charge in [0.05, 0.1) is 12.7 Å². The summed E-state index contributed by atoms with van der Waals surface area (Å²) in [6.45, 7) is 3.58. The second-order valence-corrected chi connectivity index (χ2v) is 5.73. The van der Waals surface area contributed by atoms with Crippen molar-refractivity contribution < 1.29 is 0 Å².